The number of allylic oxidation sites excluding steroid dienone is 1. The Balaban J connectivity index is 2.25. The van der Waals surface area contributed by atoms with E-state index >= 15 is 0 Å². The first-order chi connectivity index (χ1) is 10.7. The molecule has 2 aromatic rings. The average Bonchev–Trinajstić information content (AvgIpc) is 2.55. The highest BCUT2D eigenvalue weighted by molar-refractivity contribution is 6.08. The summed E-state index contributed by atoms with van der Waals surface area (Å²) >= 11 is 0. The third-order valence-corrected chi connectivity index (χ3v) is 3.33. The molecule has 0 aliphatic carbocycles. The smallest absolute Gasteiger partial charge is 0.187 e. The minimum Gasteiger partial charge on any atom is -0.384 e. The molecule has 0 atom stereocenters. The van der Waals surface area contributed by atoms with E-state index in [2.05, 4.69) is 12.2 Å². The van der Waals surface area contributed by atoms with Crippen LogP contribution >= 0.6 is 0 Å². The van der Waals surface area contributed by atoms with Gasteiger partial charge in [-0.1, -0.05) is 55.8 Å². The van der Waals surface area contributed by atoms with Gasteiger partial charge in [0.25, 0.3) is 0 Å². The van der Waals surface area contributed by atoms with E-state index in [0.29, 0.717) is 5.56 Å². The van der Waals surface area contributed by atoms with Crippen LogP contribution in [0, 0.1) is 5.82 Å². The molecule has 0 spiro atoms. The van der Waals surface area contributed by atoms with Gasteiger partial charge in [0.05, 0.1) is 0 Å². The highest BCUT2D eigenvalue weighted by Gasteiger charge is 2.07. The van der Waals surface area contributed by atoms with E-state index in [0.717, 1.165) is 30.6 Å². The lowest BCUT2D eigenvalue weighted by Crippen LogP contribution is -2.15. The van der Waals surface area contributed by atoms with E-state index < -0.39 is 0 Å². The SMILES string of the molecule is CCCCN/C(=C/C(=O)c1ccccc1)c1ccc(F)cc1. The lowest BCUT2D eigenvalue weighted by atomic mass is 10.1. The zero-order valence-corrected chi connectivity index (χ0v) is 12.7. The van der Waals surface area contributed by atoms with Gasteiger partial charge >= 0.3 is 0 Å². The van der Waals surface area contributed by atoms with Crippen molar-refractivity contribution in [2.24, 2.45) is 0 Å². The van der Waals surface area contributed by atoms with Crippen LogP contribution in [0.1, 0.15) is 35.7 Å². The maximum absolute atomic E-state index is 13.1. The molecule has 0 saturated heterocycles. The van der Waals surface area contributed by atoms with Gasteiger partial charge in [-0.05, 0) is 24.1 Å². The molecule has 0 amide bonds. The van der Waals surface area contributed by atoms with Gasteiger partial charge < -0.3 is 5.32 Å². The fourth-order valence-corrected chi connectivity index (χ4v) is 2.08. The number of hydrogen-bond acceptors (Lipinski definition) is 2. The van der Waals surface area contributed by atoms with Crippen LogP contribution in [0.5, 0.6) is 0 Å². The number of hydrogen-bond donors (Lipinski definition) is 1. The largest absolute Gasteiger partial charge is 0.384 e. The van der Waals surface area contributed by atoms with E-state index in [1.54, 1.807) is 30.3 Å². The van der Waals surface area contributed by atoms with Crippen LogP contribution in [0.4, 0.5) is 4.39 Å². The van der Waals surface area contributed by atoms with E-state index in [1.807, 2.05) is 18.2 Å². The average molecular weight is 297 g/mol. The van der Waals surface area contributed by atoms with E-state index in [9.17, 15) is 9.18 Å². The van der Waals surface area contributed by atoms with Crippen molar-refractivity contribution < 1.29 is 9.18 Å². The van der Waals surface area contributed by atoms with Crippen LogP contribution in [0.2, 0.25) is 0 Å². The molecule has 1 N–H and O–H groups in total. The summed E-state index contributed by atoms with van der Waals surface area (Å²) in [5, 5.41) is 3.27. The summed E-state index contributed by atoms with van der Waals surface area (Å²) in [6.07, 6.45) is 3.66. The van der Waals surface area contributed by atoms with Gasteiger partial charge in [-0.2, -0.15) is 0 Å². The van der Waals surface area contributed by atoms with Gasteiger partial charge in [-0.15, -0.1) is 0 Å². The predicted octanol–water partition coefficient (Wildman–Crippen LogP) is 4.44. The van der Waals surface area contributed by atoms with Crippen LogP contribution in [-0.2, 0) is 0 Å². The maximum Gasteiger partial charge on any atom is 0.187 e. The molecule has 0 fully saturated rings. The molecular weight excluding hydrogens is 277 g/mol. The normalized spacial score (nSPS) is 11.3. The highest BCUT2D eigenvalue weighted by Crippen LogP contribution is 2.14. The molecule has 0 bridgehead atoms. The van der Waals surface area contributed by atoms with Gasteiger partial charge in [0.2, 0.25) is 0 Å². The minimum atomic E-state index is -0.286. The summed E-state index contributed by atoms with van der Waals surface area (Å²) in [6, 6.07) is 15.3. The Kier molecular flexibility index (Phi) is 5.90. The first-order valence-corrected chi connectivity index (χ1v) is 7.51. The Labute approximate surface area is 130 Å². The number of ketones is 1. The third-order valence-electron chi connectivity index (χ3n) is 3.33. The van der Waals surface area contributed by atoms with Crippen molar-refractivity contribution in [3.63, 3.8) is 0 Å². The molecule has 3 heteroatoms. The van der Waals surface area contributed by atoms with Gasteiger partial charge in [-0.25, -0.2) is 4.39 Å². The molecule has 2 nitrogen and oxygen atoms in total. The molecule has 2 rings (SSSR count). The number of rotatable bonds is 7. The topological polar surface area (TPSA) is 29.1 Å². The number of carbonyl (C=O) groups is 1. The summed E-state index contributed by atoms with van der Waals surface area (Å²) in [5.41, 5.74) is 2.17. The van der Waals surface area contributed by atoms with Gasteiger partial charge in [-0.3, -0.25) is 4.79 Å². The molecule has 0 unspecified atom stereocenters. The Morgan fingerprint density at radius 1 is 1.05 bits per heavy atom. The number of carbonyl (C=O) groups excluding carboxylic acids is 1. The first kappa shape index (κ1) is 16.0. The number of nitrogens with one attached hydrogen (secondary N) is 1. The molecule has 0 aliphatic heterocycles. The fourth-order valence-electron chi connectivity index (χ4n) is 2.08. The summed E-state index contributed by atoms with van der Waals surface area (Å²) in [6.45, 7) is 2.89. The van der Waals surface area contributed by atoms with Crippen LogP contribution in [-0.4, -0.2) is 12.3 Å². The quantitative estimate of drug-likeness (QED) is 0.465. The Morgan fingerprint density at radius 2 is 1.73 bits per heavy atom. The lowest BCUT2D eigenvalue weighted by Gasteiger charge is -2.11. The van der Waals surface area contributed by atoms with Crippen molar-refractivity contribution >= 4 is 11.5 Å². The van der Waals surface area contributed by atoms with Crippen LogP contribution in [0.3, 0.4) is 0 Å². The molecule has 114 valence electrons. The van der Waals surface area contributed by atoms with Gasteiger partial charge in [0.1, 0.15) is 5.82 Å². The minimum absolute atomic E-state index is 0.0658. The molecule has 0 saturated carbocycles. The molecule has 0 heterocycles. The molecule has 0 aromatic heterocycles. The monoisotopic (exact) mass is 297 g/mol. The number of unbranched alkanes of at least 4 members (excludes halogenated alkanes) is 1. The van der Waals surface area contributed by atoms with Crippen molar-refractivity contribution in [3.8, 4) is 0 Å². The second-order valence-electron chi connectivity index (χ2n) is 5.08. The van der Waals surface area contributed by atoms with Crippen LogP contribution in [0.25, 0.3) is 5.70 Å². The Morgan fingerprint density at radius 3 is 2.36 bits per heavy atom. The summed E-state index contributed by atoms with van der Waals surface area (Å²) in [7, 11) is 0. The van der Waals surface area contributed by atoms with Crippen LogP contribution in [0.15, 0.2) is 60.7 Å². The first-order valence-electron chi connectivity index (χ1n) is 7.51. The third kappa shape index (κ3) is 4.55. The number of halogens is 1. The second kappa shape index (κ2) is 8.13. The molecule has 0 aliphatic rings. The molecule has 0 radical (unpaired) electrons. The van der Waals surface area contributed by atoms with Gasteiger partial charge in [0.15, 0.2) is 5.78 Å². The van der Waals surface area contributed by atoms with Crippen molar-refractivity contribution in [2.75, 3.05) is 6.54 Å². The van der Waals surface area contributed by atoms with Crippen molar-refractivity contribution in [2.45, 2.75) is 19.8 Å². The fraction of sp³-hybridized carbons (Fsp3) is 0.211. The maximum atomic E-state index is 13.1. The zero-order valence-electron chi connectivity index (χ0n) is 12.7. The molecular formula is C19H20FNO. The Hall–Kier alpha value is -2.42. The summed E-state index contributed by atoms with van der Waals surface area (Å²) in [4.78, 5) is 12.3. The van der Waals surface area contributed by atoms with Gasteiger partial charge in [0, 0.05) is 23.9 Å². The number of benzene rings is 2. The van der Waals surface area contributed by atoms with E-state index in [-0.39, 0.29) is 11.6 Å². The zero-order chi connectivity index (χ0) is 15.8. The van der Waals surface area contributed by atoms with Crippen molar-refractivity contribution in [3.05, 3.63) is 77.6 Å². The second-order valence-corrected chi connectivity index (χ2v) is 5.08. The van der Waals surface area contributed by atoms with Crippen molar-refractivity contribution in [1.82, 2.24) is 5.32 Å². The standard InChI is InChI=1S/C19H20FNO/c1-2-3-13-21-18(15-9-11-17(20)12-10-15)14-19(22)16-7-5-4-6-8-16/h4-12,14,21H,2-3,13H2,1H3/b18-14+. The van der Waals surface area contributed by atoms with Crippen LogP contribution < -0.4 is 5.32 Å². The van der Waals surface area contributed by atoms with Crippen molar-refractivity contribution in [1.29, 1.82) is 0 Å². The summed E-state index contributed by atoms with van der Waals surface area (Å²) in [5.74, 6) is -0.352. The predicted molar refractivity (Wildman–Crippen MR) is 88.1 cm³/mol. The van der Waals surface area contributed by atoms with E-state index in [4.69, 9.17) is 0 Å². The molecule has 22 heavy (non-hydrogen) atoms. The lowest BCUT2D eigenvalue weighted by molar-refractivity contribution is 0.104. The summed E-state index contributed by atoms with van der Waals surface area (Å²) < 4.78 is 13.1. The molecule has 2 aromatic carbocycles. The Bertz CT molecular complexity index is 632. The van der Waals surface area contributed by atoms with E-state index in [1.165, 1.54) is 12.1 Å². The highest BCUT2D eigenvalue weighted by atomic mass is 19.1.